The summed E-state index contributed by atoms with van der Waals surface area (Å²) >= 11 is 0. The van der Waals surface area contributed by atoms with E-state index in [0.717, 1.165) is 5.56 Å². The van der Waals surface area contributed by atoms with Crippen LogP contribution in [0, 0.1) is 0 Å². The molecule has 0 aliphatic rings. The molecule has 4 aromatic heterocycles. The number of imidazole rings is 1. The zero-order valence-corrected chi connectivity index (χ0v) is 17.3. The van der Waals surface area contributed by atoms with Crippen molar-refractivity contribution in [3.05, 3.63) is 113 Å². The Morgan fingerprint density at radius 2 is 1.88 bits per heavy atom. The van der Waals surface area contributed by atoms with Gasteiger partial charge in [-0.15, -0.1) is 0 Å². The number of fused-ring (bicyclic) bond motifs is 1. The van der Waals surface area contributed by atoms with E-state index < -0.39 is 6.17 Å². The fourth-order valence-corrected chi connectivity index (χ4v) is 3.53. The standard InChI is InChI=1S/C24H19N7O2/c32-20-13-17(8-10-26-20)19-15-28-22(23-27-11-12-31(19)23)29-21(18-7-4-9-25-14-18)30-24(33)16-5-2-1-3-6-16/h1-15,21H,(H,26,32)(H,28,29)(H,30,33). The minimum atomic E-state index is -0.607. The number of pyridine rings is 2. The molecular formula is C24H19N7O2. The molecule has 0 saturated carbocycles. The molecule has 9 nitrogen and oxygen atoms in total. The Bertz CT molecular complexity index is 1460. The Balaban J connectivity index is 1.51. The third-order valence-corrected chi connectivity index (χ3v) is 5.11. The van der Waals surface area contributed by atoms with Crippen molar-refractivity contribution in [1.29, 1.82) is 0 Å². The highest BCUT2D eigenvalue weighted by atomic mass is 16.2. The van der Waals surface area contributed by atoms with Crippen LogP contribution in [0.4, 0.5) is 5.82 Å². The Kier molecular flexibility index (Phi) is 5.34. The topological polar surface area (TPSA) is 117 Å². The third kappa shape index (κ3) is 4.19. The number of amides is 1. The molecule has 0 aliphatic carbocycles. The summed E-state index contributed by atoms with van der Waals surface area (Å²) in [7, 11) is 0. The number of carbonyl (C=O) groups is 1. The number of aromatic amines is 1. The van der Waals surface area contributed by atoms with Gasteiger partial charge in [-0.1, -0.05) is 24.3 Å². The maximum Gasteiger partial charge on any atom is 0.253 e. The van der Waals surface area contributed by atoms with Crippen LogP contribution in [-0.4, -0.2) is 30.2 Å². The van der Waals surface area contributed by atoms with E-state index in [4.69, 9.17) is 0 Å². The monoisotopic (exact) mass is 437 g/mol. The normalized spacial score (nSPS) is 11.8. The molecule has 33 heavy (non-hydrogen) atoms. The van der Waals surface area contributed by atoms with E-state index in [1.54, 1.807) is 61.4 Å². The first-order valence-electron chi connectivity index (χ1n) is 10.2. The lowest BCUT2D eigenvalue weighted by Crippen LogP contribution is -2.34. The van der Waals surface area contributed by atoms with Crippen molar-refractivity contribution in [3.63, 3.8) is 0 Å². The number of carbonyl (C=O) groups excluding carboxylic acids is 1. The minimum absolute atomic E-state index is 0.205. The molecule has 5 rings (SSSR count). The summed E-state index contributed by atoms with van der Waals surface area (Å²) in [5.41, 5.74) is 3.06. The predicted octanol–water partition coefficient (Wildman–Crippen LogP) is 3.02. The largest absolute Gasteiger partial charge is 0.343 e. The highest BCUT2D eigenvalue weighted by Gasteiger charge is 2.19. The van der Waals surface area contributed by atoms with Crippen molar-refractivity contribution in [1.82, 2.24) is 29.7 Å². The van der Waals surface area contributed by atoms with Crippen LogP contribution >= 0.6 is 0 Å². The van der Waals surface area contributed by atoms with Gasteiger partial charge in [0.25, 0.3) is 5.91 Å². The number of hydrogen-bond acceptors (Lipinski definition) is 6. The molecule has 1 aromatic carbocycles. The van der Waals surface area contributed by atoms with Crippen molar-refractivity contribution in [2.45, 2.75) is 6.17 Å². The van der Waals surface area contributed by atoms with E-state index in [-0.39, 0.29) is 11.5 Å². The van der Waals surface area contributed by atoms with Crippen LogP contribution in [0.25, 0.3) is 16.9 Å². The zero-order valence-electron chi connectivity index (χ0n) is 17.3. The van der Waals surface area contributed by atoms with Crippen LogP contribution < -0.4 is 16.2 Å². The fraction of sp³-hybridized carbons (Fsp3) is 0.0417. The minimum Gasteiger partial charge on any atom is -0.343 e. The first kappa shape index (κ1) is 20.1. The summed E-state index contributed by atoms with van der Waals surface area (Å²) in [4.78, 5) is 40.4. The van der Waals surface area contributed by atoms with Gasteiger partial charge in [0, 0.05) is 53.7 Å². The van der Waals surface area contributed by atoms with Gasteiger partial charge in [-0.05, 0) is 24.3 Å². The van der Waals surface area contributed by atoms with Gasteiger partial charge in [0.1, 0.15) is 6.17 Å². The van der Waals surface area contributed by atoms with Crippen LogP contribution in [0.5, 0.6) is 0 Å². The quantitative estimate of drug-likeness (QED) is 0.352. The number of nitrogens with zero attached hydrogens (tertiary/aromatic N) is 4. The second-order valence-electron chi connectivity index (χ2n) is 7.26. The average molecular weight is 437 g/mol. The molecule has 0 saturated heterocycles. The van der Waals surface area contributed by atoms with E-state index in [1.807, 2.05) is 28.7 Å². The Labute approximate surface area is 188 Å². The highest BCUT2D eigenvalue weighted by Crippen LogP contribution is 2.24. The molecular weight excluding hydrogens is 418 g/mol. The molecule has 4 heterocycles. The molecule has 0 aliphatic heterocycles. The molecule has 1 unspecified atom stereocenters. The zero-order chi connectivity index (χ0) is 22.6. The Morgan fingerprint density at radius 3 is 2.67 bits per heavy atom. The second kappa shape index (κ2) is 8.75. The maximum atomic E-state index is 12.9. The molecule has 3 N–H and O–H groups in total. The smallest absolute Gasteiger partial charge is 0.253 e. The van der Waals surface area contributed by atoms with Gasteiger partial charge in [-0.3, -0.25) is 19.0 Å². The Morgan fingerprint density at radius 1 is 1.00 bits per heavy atom. The lowest BCUT2D eigenvalue weighted by Gasteiger charge is -2.21. The number of H-pyrrole nitrogens is 1. The van der Waals surface area contributed by atoms with Gasteiger partial charge in [-0.2, -0.15) is 0 Å². The van der Waals surface area contributed by atoms with Crippen LogP contribution in [0.2, 0.25) is 0 Å². The molecule has 5 aromatic rings. The molecule has 0 spiro atoms. The molecule has 1 amide bonds. The Hall–Kier alpha value is -4.79. The number of nitrogens with one attached hydrogen (secondary N) is 3. The summed E-state index contributed by atoms with van der Waals surface area (Å²) in [6, 6.07) is 15.9. The van der Waals surface area contributed by atoms with Crippen molar-refractivity contribution in [3.8, 4) is 11.3 Å². The van der Waals surface area contributed by atoms with E-state index in [1.165, 1.54) is 6.07 Å². The van der Waals surface area contributed by atoms with Gasteiger partial charge < -0.3 is 15.6 Å². The van der Waals surface area contributed by atoms with Crippen molar-refractivity contribution in [2.24, 2.45) is 0 Å². The SMILES string of the molecule is O=C(NC(Nc1ncc(-c2cc[nH]c(=O)c2)n2ccnc12)c1cccnc1)c1ccccc1. The number of rotatable bonds is 6. The third-order valence-electron chi connectivity index (χ3n) is 5.11. The number of aromatic nitrogens is 5. The summed E-state index contributed by atoms with van der Waals surface area (Å²) in [5, 5.41) is 6.28. The lowest BCUT2D eigenvalue weighted by atomic mass is 10.1. The first-order chi connectivity index (χ1) is 16.2. The number of hydrogen-bond donors (Lipinski definition) is 3. The van der Waals surface area contributed by atoms with E-state index in [0.29, 0.717) is 28.3 Å². The molecule has 0 bridgehead atoms. The van der Waals surface area contributed by atoms with E-state index in [9.17, 15) is 9.59 Å². The van der Waals surface area contributed by atoms with E-state index >= 15 is 0 Å². The summed E-state index contributed by atoms with van der Waals surface area (Å²) in [6.07, 6.45) is 9.43. The maximum absolute atomic E-state index is 12.9. The van der Waals surface area contributed by atoms with Gasteiger partial charge in [0.2, 0.25) is 5.56 Å². The van der Waals surface area contributed by atoms with Gasteiger partial charge in [0.05, 0.1) is 11.9 Å². The predicted molar refractivity (Wildman–Crippen MR) is 124 cm³/mol. The second-order valence-corrected chi connectivity index (χ2v) is 7.26. The van der Waals surface area contributed by atoms with E-state index in [2.05, 4.69) is 30.6 Å². The van der Waals surface area contributed by atoms with Crippen LogP contribution in [0.15, 0.2) is 96.6 Å². The number of benzene rings is 1. The summed E-state index contributed by atoms with van der Waals surface area (Å²) in [6.45, 7) is 0. The van der Waals surface area contributed by atoms with Gasteiger partial charge >= 0.3 is 0 Å². The molecule has 0 radical (unpaired) electrons. The van der Waals surface area contributed by atoms with Crippen molar-refractivity contribution < 1.29 is 4.79 Å². The van der Waals surface area contributed by atoms with Crippen molar-refractivity contribution >= 4 is 17.4 Å². The molecule has 9 heteroatoms. The summed E-state index contributed by atoms with van der Waals surface area (Å²) in [5.74, 6) is 0.229. The lowest BCUT2D eigenvalue weighted by molar-refractivity contribution is 0.0941. The molecule has 0 fully saturated rings. The van der Waals surface area contributed by atoms with Gasteiger partial charge in [0.15, 0.2) is 11.5 Å². The van der Waals surface area contributed by atoms with Crippen molar-refractivity contribution in [2.75, 3.05) is 5.32 Å². The highest BCUT2D eigenvalue weighted by molar-refractivity contribution is 5.94. The molecule has 162 valence electrons. The van der Waals surface area contributed by atoms with Gasteiger partial charge in [-0.25, -0.2) is 9.97 Å². The summed E-state index contributed by atoms with van der Waals surface area (Å²) < 4.78 is 1.84. The fourth-order valence-electron chi connectivity index (χ4n) is 3.53. The number of anilines is 1. The average Bonchev–Trinajstić information content (AvgIpc) is 3.35. The molecule has 1 atom stereocenters. The van der Waals surface area contributed by atoms with Crippen LogP contribution in [0.1, 0.15) is 22.1 Å². The van der Waals surface area contributed by atoms with Crippen LogP contribution in [-0.2, 0) is 0 Å². The van der Waals surface area contributed by atoms with Crippen LogP contribution in [0.3, 0.4) is 0 Å². The first-order valence-corrected chi connectivity index (χ1v) is 10.2.